The molecule has 0 saturated carbocycles. The second-order valence-corrected chi connectivity index (χ2v) is 3.65. The van der Waals surface area contributed by atoms with Crippen molar-refractivity contribution in [1.29, 1.82) is 0 Å². The summed E-state index contributed by atoms with van der Waals surface area (Å²) in [4.78, 5) is 25.3. The van der Waals surface area contributed by atoms with E-state index in [9.17, 15) is 9.59 Å². The van der Waals surface area contributed by atoms with E-state index in [1.807, 2.05) is 0 Å². The fourth-order valence-corrected chi connectivity index (χ4v) is 1.44. The summed E-state index contributed by atoms with van der Waals surface area (Å²) >= 11 is 0. The smallest absolute Gasteiger partial charge is 0.258 e. The van der Waals surface area contributed by atoms with E-state index < -0.39 is 0 Å². The predicted molar refractivity (Wildman–Crippen MR) is 65.6 cm³/mol. The quantitative estimate of drug-likeness (QED) is 0.664. The Morgan fingerprint density at radius 2 is 2.06 bits per heavy atom. The molecule has 0 bridgehead atoms. The van der Waals surface area contributed by atoms with Gasteiger partial charge in [0, 0.05) is 5.69 Å². The molecule has 0 aliphatic heterocycles. The van der Waals surface area contributed by atoms with Crippen LogP contribution < -0.4 is 5.32 Å². The Kier molecular flexibility index (Phi) is 3.36. The second kappa shape index (κ2) is 5.12. The molecule has 1 heterocycles. The standard InChI is InChI=1S/C13H10N2O3/c1-9-6-10(7-18-9)13(17)15-12-4-2-11(3-5-12)14-8-16/h2-7H,1H3,(H,15,17). The van der Waals surface area contributed by atoms with Gasteiger partial charge in [-0.1, -0.05) is 0 Å². The number of anilines is 1. The zero-order valence-electron chi connectivity index (χ0n) is 9.64. The lowest BCUT2D eigenvalue weighted by Crippen LogP contribution is -2.10. The number of hydrogen-bond acceptors (Lipinski definition) is 4. The maximum absolute atomic E-state index is 11.8. The van der Waals surface area contributed by atoms with Gasteiger partial charge in [-0.3, -0.25) is 4.79 Å². The highest BCUT2D eigenvalue weighted by atomic mass is 16.3. The third-order valence-corrected chi connectivity index (χ3v) is 2.29. The van der Waals surface area contributed by atoms with Crippen LogP contribution in [0.5, 0.6) is 0 Å². The Bertz CT molecular complexity index is 607. The highest BCUT2D eigenvalue weighted by Gasteiger charge is 2.08. The van der Waals surface area contributed by atoms with E-state index in [4.69, 9.17) is 4.42 Å². The van der Waals surface area contributed by atoms with Gasteiger partial charge in [-0.15, -0.1) is 0 Å². The fourth-order valence-electron chi connectivity index (χ4n) is 1.44. The van der Waals surface area contributed by atoms with Gasteiger partial charge in [-0.2, -0.15) is 4.99 Å². The number of nitrogens with zero attached hydrogens (tertiary/aromatic N) is 1. The molecule has 0 saturated heterocycles. The molecule has 0 fully saturated rings. The molecular weight excluding hydrogens is 232 g/mol. The van der Waals surface area contributed by atoms with Gasteiger partial charge >= 0.3 is 0 Å². The van der Waals surface area contributed by atoms with Crippen LogP contribution in [-0.4, -0.2) is 12.0 Å². The number of nitrogens with one attached hydrogen (secondary N) is 1. The monoisotopic (exact) mass is 242 g/mol. The SMILES string of the molecule is Cc1cc(C(=O)Nc2ccc(N=C=O)cc2)co1. The van der Waals surface area contributed by atoms with Crippen LogP contribution in [0, 0.1) is 6.92 Å². The third kappa shape index (κ3) is 2.72. The molecule has 5 nitrogen and oxygen atoms in total. The topological polar surface area (TPSA) is 71.7 Å². The van der Waals surface area contributed by atoms with Crippen molar-refractivity contribution in [2.75, 3.05) is 5.32 Å². The zero-order valence-corrected chi connectivity index (χ0v) is 9.64. The summed E-state index contributed by atoms with van der Waals surface area (Å²) in [7, 11) is 0. The molecule has 0 spiro atoms. The molecule has 1 aromatic carbocycles. The summed E-state index contributed by atoms with van der Waals surface area (Å²) < 4.78 is 5.06. The third-order valence-electron chi connectivity index (χ3n) is 2.29. The van der Waals surface area contributed by atoms with Crippen LogP contribution in [0.25, 0.3) is 0 Å². The van der Waals surface area contributed by atoms with Gasteiger partial charge in [0.15, 0.2) is 0 Å². The highest BCUT2D eigenvalue weighted by Crippen LogP contribution is 2.16. The minimum Gasteiger partial charge on any atom is -0.469 e. The van der Waals surface area contributed by atoms with Gasteiger partial charge in [0.1, 0.15) is 12.0 Å². The molecule has 0 unspecified atom stereocenters. The highest BCUT2D eigenvalue weighted by molar-refractivity contribution is 6.04. The van der Waals surface area contributed by atoms with E-state index in [2.05, 4.69) is 10.3 Å². The van der Waals surface area contributed by atoms with E-state index in [1.165, 1.54) is 12.3 Å². The van der Waals surface area contributed by atoms with Crippen molar-refractivity contribution in [2.24, 2.45) is 4.99 Å². The number of hydrogen-bond donors (Lipinski definition) is 1. The van der Waals surface area contributed by atoms with Crippen LogP contribution in [0.3, 0.4) is 0 Å². The van der Waals surface area contributed by atoms with Crippen LogP contribution in [0.4, 0.5) is 11.4 Å². The minimum atomic E-state index is -0.251. The largest absolute Gasteiger partial charge is 0.469 e. The average Bonchev–Trinajstić information content (AvgIpc) is 2.79. The first-order valence-corrected chi connectivity index (χ1v) is 5.23. The van der Waals surface area contributed by atoms with Crippen LogP contribution in [0.15, 0.2) is 46.0 Å². The molecule has 90 valence electrons. The molecular formula is C13H10N2O3. The van der Waals surface area contributed by atoms with Crippen molar-refractivity contribution in [2.45, 2.75) is 6.92 Å². The Morgan fingerprint density at radius 3 is 2.61 bits per heavy atom. The molecule has 5 heteroatoms. The van der Waals surface area contributed by atoms with E-state index in [0.717, 1.165) is 0 Å². The van der Waals surface area contributed by atoms with E-state index in [1.54, 1.807) is 37.3 Å². The number of isocyanates is 1. The average molecular weight is 242 g/mol. The van der Waals surface area contributed by atoms with Gasteiger partial charge in [0.2, 0.25) is 6.08 Å². The lowest BCUT2D eigenvalue weighted by atomic mass is 10.2. The number of furan rings is 1. The maximum Gasteiger partial charge on any atom is 0.258 e. The maximum atomic E-state index is 11.8. The summed E-state index contributed by atoms with van der Waals surface area (Å²) in [5, 5.41) is 2.70. The van der Waals surface area contributed by atoms with E-state index in [-0.39, 0.29) is 5.91 Å². The summed E-state index contributed by atoms with van der Waals surface area (Å²) in [5.41, 5.74) is 1.56. The zero-order chi connectivity index (χ0) is 13.0. The number of aliphatic imine (C=N–C) groups is 1. The van der Waals surface area contributed by atoms with Crippen molar-refractivity contribution in [3.8, 4) is 0 Å². The van der Waals surface area contributed by atoms with Crippen molar-refractivity contribution < 1.29 is 14.0 Å². The summed E-state index contributed by atoms with van der Waals surface area (Å²) in [6, 6.07) is 8.19. The summed E-state index contributed by atoms with van der Waals surface area (Å²) in [6.07, 6.45) is 2.85. The molecule has 0 atom stereocenters. The van der Waals surface area contributed by atoms with Crippen LogP contribution in [0.1, 0.15) is 16.1 Å². The van der Waals surface area contributed by atoms with Crippen molar-refractivity contribution in [1.82, 2.24) is 0 Å². The first kappa shape index (κ1) is 11.8. The Hall–Kier alpha value is -2.65. The van der Waals surface area contributed by atoms with Crippen molar-refractivity contribution >= 4 is 23.4 Å². The first-order chi connectivity index (χ1) is 8.69. The Balaban J connectivity index is 2.09. The molecule has 1 amide bonds. The summed E-state index contributed by atoms with van der Waals surface area (Å²) in [6.45, 7) is 1.77. The number of carbonyl (C=O) groups excluding carboxylic acids is 2. The molecule has 2 rings (SSSR count). The van der Waals surface area contributed by atoms with Gasteiger partial charge in [0.25, 0.3) is 5.91 Å². The van der Waals surface area contributed by atoms with E-state index in [0.29, 0.717) is 22.7 Å². The van der Waals surface area contributed by atoms with Gasteiger partial charge in [0.05, 0.1) is 11.3 Å². The molecule has 18 heavy (non-hydrogen) atoms. The minimum absolute atomic E-state index is 0.251. The number of carbonyl (C=O) groups is 1. The van der Waals surface area contributed by atoms with Crippen LogP contribution >= 0.6 is 0 Å². The number of rotatable bonds is 3. The van der Waals surface area contributed by atoms with E-state index >= 15 is 0 Å². The normalized spacial score (nSPS) is 9.61. The van der Waals surface area contributed by atoms with Crippen molar-refractivity contribution in [3.05, 3.63) is 47.9 Å². The van der Waals surface area contributed by atoms with Gasteiger partial charge in [-0.25, -0.2) is 4.79 Å². The molecule has 2 aromatic rings. The molecule has 0 aliphatic rings. The molecule has 0 radical (unpaired) electrons. The Morgan fingerprint density at radius 1 is 1.33 bits per heavy atom. The number of amides is 1. The van der Waals surface area contributed by atoms with Crippen LogP contribution in [0.2, 0.25) is 0 Å². The van der Waals surface area contributed by atoms with Gasteiger partial charge in [-0.05, 0) is 37.3 Å². The number of benzene rings is 1. The van der Waals surface area contributed by atoms with Gasteiger partial charge < -0.3 is 9.73 Å². The van der Waals surface area contributed by atoms with Crippen LogP contribution in [-0.2, 0) is 4.79 Å². The van der Waals surface area contributed by atoms with Crippen molar-refractivity contribution in [3.63, 3.8) is 0 Å². The lowest BCUT2D eigenvalue weighted by Gasteiger charge is -2.02. The predicted octanol–water partition coefficient (Wildman–Crippen LogP) is 2.81. The lowest BCUT2D eigenvalue weighted by molar-refractivity contribution is 0.102. The molecule has 1 N–H and O–H groups in total. The molecule has 0 aliphatic carbocycles. The first-order valence-electron chi connectivity index (χ1n) is 5.23. The Labute approximate surface area is 103 Å². The molecule has 1 aromatic heterocycles. The summed E-state index contributed by atoms with van der Waals surface area (Å²) in [5.74, 6) is 0.425. The second-order valence-electron chi connectivity index (χ2n) is 3.65. The fraction of sp³-hybridized carbons (Fsp3) is 0.0769. The number of aryl methyl sites for hydroxylation is 1.